The summed E-state index contributed by atoms with van der Waals surface area (Å²) in [6.07, 6.45) is 4.11. The maximum atomic E-state index is 13.7. The van der Waals surface area contributed by atoms with Crippen molar-refractivity contribution in [3.63, 3.8) is 0 Å². The summed E-state index contributed by atoms with van der Waals surface area (Å²) in [4.78, 5) is 33.2. The Morgan fingerprint density at radius 2 is 1.94 bits per heavy atom. The standard InChI is InChI=1S/C26H22Cl2N4O2S2/c1-15(18-12-11-16(27)13-20(18)28)30-31-22(33)14-35-26-29-24-23(19-9-5-6-10-21(19)36-24)25(34)32(26)17-7-3-2-4-8-17/h2-4,7-8,11-13H,5-6,9-10,14H2,1H3,(H,31,33). The van der Waals surface area contributed by atoms with Gasteiger partial charge in [0.25, 0.3) is 11.5 Å². The van der Waals surface area contributed by atoms with E-state index in [4.69, 9.17) is 28.2 Å². The first-order valence-corrected chi connectivity index (χ1v) is 14.0. The second-order valence-electron chi connectivity index (χ2n) is 8.41. The van der Waals surface area contributed by atoms with E-state index >= 15 is 0 Å². The predicted octanol–water partition coefficient (Wildman–Crippen LogP) is 6.27. The molecule has 4 aromatic rings. The SMILES string of the molecule is CC(=NNC(=O)CSc1nc2sc3c(c2c(=O)n1-c1ccccc1)CCCC3)c1ccc(Cl)cc1Cl. The van der Waals surface area contributed by atoms with Crippen LogP contribution in [-0.2, 0) is 17.6 Å². The van der Waals surface area contributed by atoms with Crippen LogP contribution in [0, 0.1) is 0 Å². The monoisotopic (exact) mass is 556 g/mol. The Morgan fingerprint density at radius 3 is 2.72 bits per heavy atom. The second kappa shape index (κ2) is 10.8. The maximum Gasteiger partial charge on any atom is 0.267 e. The number of benzene rings is 2. The van der Waals surface area contributed by atoms with E-state index in [-0.39, 0.29) is 17.2 Å². The number of thioether (sulfide) groups is 1. The van der Waals surface area contributed by atoms with E-state index in [0.29, 0.717) is 31.9 Å². The van der Waals surface area contributed by atoms with E-state index in [1.54, 1.807) is 41.0 Å². The summed E-state index contributed by atoms with van der Waals surface area (Å²) < 4.78 is 1.61. The van der Waals surface area contributed by atoms with Crippen molar-refractivity contribution in [3.05, 3.63) is 84.9 Å². The number of rotatable bonds is 6. The quantitative estimate of drug-likeness (QED) is 0.131. The molecule has 1 aliphatic rings. The summed E-state index contributed by atoms with van der Waals surface area (Å²) in [6.45, 7) is 1.75. The molecule has 36 heavy (non-hydrogen) atoms. The van der Waals surface area contributed by atoms with Gasteiger partial charge in [-0.25, -0.2) is 10.4 Å². The van der Waals surface area contributed by atoms with Crippen LogP contribution in [0.15, 0.2) is 63.6 Å². The summed E-state index contributed by atoms with van der Waals surface area (Å²) in [7, 11) is 0. The van der Waals surface area contributed by atoms with Crippen molar-refractivity contribution >= 4 is 68.1 Å². The Labute approximate surface area is 226 Å². The molecule has 0 bridgehead atoms. The zero-order valence-electron chi connectivity index (χ0n) is 19.4. The molecule has 10 heteroatoms. The number of carbonyl (C=O) groups excluding carboxylic acids is 1. The van der Waals surface area contributed by atoms with Crippen LogP contribution in [0.5, 0.6) is 0 Å². The number of thiophene rings is 1. The molecule has 2 heterocycles. The molecule has 0 aliphatic heterocycles. The number of para-hydroxylation sites is 1. The fourth-order valence-electron chi connectivity index (χ4n) is 4.24. The lowest BCUT2D eigenvalue weighted by molar-refractivity contribution is -0.118. The van der Waals surface area contributed by atoms with Crippen LogP contribution in [0.1, 0.15) is 35.8 Å². The minimum Gasteiger partial charge on any atom is -0.272 e. The molecule has 0 saturated carbocycles. The zero-order chi connectivity index (χ0) is 25.2. The van der Waals surface area contributed by atoms with E-state index in [1.165, 1.54) is 16.6 Å². The molecule has 2 aromatic carbocycles. The number of halogens is 2. The van der Waals surface area contributed by atoms with Gasteiger partial charge in [0.15, 0.2) is 5.16 Å². The van der Waals surface area contributed by atoms with Crippen molar-refractivity contribution in [1.82, 2.24) is 15.0 Å². The van der Waals surface area contributed by atoms with Crippen LogP contribution in [0.2, 0.25) is 10.0 Å². The third kappa shape index (κ3) is 5.09. The normalized spacial score (nSPS) is 13.6. The molecule has 6 nitrogen and oxygen atoms in total. The van der Waals surface area contributed by atoms with Gasteiger partial charge in [-0.3, -0.25) is 14.2 Å². The highest BCUT2D eigenvalue weighted by Crippen LogP contribution is 2.35. The van der Waals surface area contributed by atoms with Gasteiger partial charge in [0.2, 0.25) is 0 Å². The lowest BCUT2D eigenvalue weighted by Crippen LogP contribution is -2.24. The molecule has 1 aliphatic carbocycles. The summed E-state index contributed by atoms with van der Waals surface area (Å²) in [5.74, 6) is -0.273. The van der Waals surface area contributed by atoms with E-state index in [0.717, 1.165) is 41.8 Å². The van der Waals surface area contributed by atoms with Gasteiger partial charge in [0, 0.05) is 15.5 Å². The third-order valence-corrected chi connectivity index (χ3v) is 8.65. The van der Waals surface area contributed by atoms with Gasteiger partial charge in [-0.1, -0.05) is 59.2 Å². The topological polar surface area (TPSA) is 76.3 Å². The lowest BCUT2D eigenvalue weighted by atomic mass is 9.97. The molecule has 0 unspecified atom stereocenters. The maximum absolute atomic E-state index is 13.7. The fourth-order valence-corrected chi connectivity index (χ4v) is 6.89. The molecule has 5 rings (SSSR count). The van der Waals surface area contributed by atoms with Crippen LogP contribution >= 0.6 is 46.3 Å². The van der Waals surface area contributed by atoms with Crippen molar-refractivity contribution in [2.75, 3.05) is 5.75 Å². The first-order valence-electron chi connectivity index (χ1n) is 11.5. The van der Waals surface area contributed by atoms with E-state index < -0.39 is 0 Å². The first-order chi connectivity index (χ1) is 17.4. The van der Waals surface area contributed by atoms with E-state index in [1.807, 2.05) is 30.3 Å². The smallest absolute Gasteiger partial charge is 0.267 e. The summed E-state index contributed by atoms with van der Waals surface area (Å²) in [6, 6.07) is 14.5. The van der Waals surface area contributed by atoms with Crippen LogP contribution in [0.25, 0.3) is 15.9 Å². The van der Waals surface area contributed by atoms with Crippen LogP contribution in [0.3, 0.4) is 0 Å². The highest BCUT2D eigenvalue weighted by Gasteiger charge is 2.23. The summed E-state index contributed by atoms with van der Waals surface area (Å²) in [5, 5.41) is 6.35. The molecule has 1 amide bonds. The molecule has 0 radical (unpaired) electrons. The first kappa shape index (κ1) is 25.0. The van der Waals surface area contributed by atoms with Crippen molar-refractivity contribution in [2.24, 2.45) is 5.10 Å². The number of hydrogen-bond donors (Lipinski definition) is 1. The van der Waals surface area contributed by atoms with Crippen molar-refractivity contribution in [1.29, 1.82) is 0 Å². The summed E-state index contributed by atoms with van der Waals surface area (Å²) in [5.41, 5.74) is 5.59. The van der Waals surface area contributed by atoms with Crippen molar-refractivity contribution in [2.45, 2.75) is 37.8 Å². The Kier molecular flexibility index (Phi) is 7.48. The Bertz CT molecular complexity index is 1550. The average molecular weight is 558 g/mol. The summed E-state index contributed by atoms with van der Waals surface area (Å²) >= 11 is 15.0. The van der Waals surface area contributed by atoms with Crippen molar-refractivity contribution < 1.29 is 4.79 Å². The minimum atomic E-state index is -0.316. The second-order valence-corrected chi connectivity index (χ2v) is 11.3. The number of nitrogens with zero attached hydrogens (tertiary/aromatic N) is 3. The molecule has 184 valence electrons. The van der Waals surface area contributed by atoms with Gasteiger partial charge < -0.3 is 0 Å². The highest BCUT2D eigenvalue weighted by atomic mass is 35.5. The minimum absolute atomic E-state index is 0.0427. The molecule has 2 aromatic heterocycles. The number of aryl methyl sites for hydroxylation is 2. The number of amides is 1. The van der Waals surface area contributed by atoms with Gasteiger partial charge in [0.05, 0.1) is 27.6 Å². The fraction of sp³-hybridized carbons (Fsp3) is 0.231. The Hall–Kier alpha value is -2.65. The lowest BCUT2D eigenvalue weighted by Gasteiger charge is -2.13. The third-order valence-electron chi connectivity index (χ3n) is 5.97. The number of carbonyl (C=O) groups is 1. The molecule has 1 N–H and O–H groups in total. The molecular weight excluding hydrogens is 535 g/mol. The van der Waals surface area contributed by atoms with Gasteiger partial charge >= 0.3 is 0 Å². The average Bonchev–Trinajstić information content (AvgIpc) is 3.25. The zero-order valence-corrected chi connectivity index (χ0v) is 22.5. The molecule has 0 fully saturated rings. The molecule has 0 saturated heterocycles. The van der Waals surface area contributed by atoms with Gasteiger partial charge in [-0.05, 0) is 62.4 Å². The van der Waals surface area contributed by atoms with Crippen LogP contribution < -0.4 is 11.0 Å². The van der Waals surface area contributed by atoms with Gasteiger partial charge in [-0.15, -0.1) is 11.3 Å². The predicted molar refractivity (Wildman–Crippen MR) is 149 cm³/mol. The number of fused-ring (bicyclic) bond motifs is 3. The van der Waals surface area contributed by atoms with Crippen LogP contribution in [-0.4, -0.2) is 26.9 Å². The highest BCUT2D eigenvalue weighted by molar-refractivity contribution is 7.99. The number of aromatic nitrogens is 2. The number of hydrogen-bond acceptors (Lipinski definition) is 6. The van der Waals surface area contributed by atoms with Crippen molar-refractivity contribution in [3.8, 4) is 5.69 Å². The molecule has 0 atom stereocenters. The van der Waals surface area contributed by atoms with E-state index in [9.17, 15) is 9.59 Å². The molecular formula is C26H22Cl2N4O2S2. The molecule has 0 spiro atoms. The van der Waals surface area contributed by atoms with E-state index in [2.05, 4.69) is 10.5 Å². The van der Waals surface area contributed by atoms with Gasteiger partial charge in [-0.2, -0.15) is 5.10 Å². The van der Waals surface area contributed by atoms with Crippen LogP contribution in [0.4, 0.5) is 0 Å². The van der Waals surface area contributed by atoms with Gasteiger partial charge in [0.1, 0.15) is 4.83 Å². The number of hydrazone groups is 1. The number of nitrogens with one attached hydrogen (secondary N) is 1. The Morgan fingerprint density at radius 1 is 1.17 bits per heavy atom. The largest absolute Gasteiger partial charge is 0.272 e. The Balaban J connectivity index is 1.42.